The molecule has 0 amide bonds. The molecule has 0 aliphatic rings. The van der Waals surface area contributed by atoms with Crippen LogP contribution in [0.5, 0.6) is 0 Å². The maximum atomic E-state index is 13.0. The van der Waals surface area contributed by atoms with Gasteiger partial charge in [0.2, 0.25) is 0 Å². The molecule has 0 aliphatic carbocycles. The third-order valence-corrected chi connectivity index (χ3v) is 17.0. The molecule has 17 nitrogen and oxygen atoms in total. The predicted octanol–water partition coefficient (Wildman–Crippen LogP) is 17.7. The lowest BCUT2D eigenvalue weighted by Gasteiger charge is -2.21. The zero-order chi connectivity index (χ0) is 61.5. The summed E-state index contributed by atoms with van der Waals surface area (Å²) in [7, 11) is -9.87. The van der Waals surface area contributed by atoms with Crippen LogP contribution in [0.15, 0.2) is 0 Å². The van der Waals surface area contributed by atoms with Gasteiger partial charge in [-0.15, -0.1) is 0 Å². The Hall–Kier alpha value is -1.94. The van der Waals surface area contributed by atoms with E-state index in [2.05, 4.69) is 41.5 Å². The largest absolute Gasteiger partial charge is 0.472 e. The van der Waals surface area contributed by atoms with Crippen LogP contribution >= 0.6 is 15.6 Å². The summed E-state index contributed by atoms with van der Waals surface area (Å²) in [5.41, 5.74) is 0. The Morgan fingerprint density at radius 2 is 0.614 bits per heavy atom. The topological polar surface area (TPSA) is 237 Å². The third kappa shape index (κ3) is 57.6. The van der Waals surface area contributed by atoms with Gasteiger partial charge in [-0.1, -0.05) is 266 Å². The quantitative estimate of drug-likeness (QED) is 0.0222. The molecule has 0 aromatic carbocycles. The fraction of sp³-hybridized carbons (Fsp3) is 0.938. The molecule has 0 spiro atoms. The monoisotopic (exact) mass is 1230 g/mol. The van der Waals surface area contributed by atoms with E-state index in [0.717, 1.165) is 121 Å². The molecule has 492 valence electrons. The van der Waals surface area contributed by atoms with Gasteiger partial charge in [-0.25, -0.2) is 9.13 Å². The van der Waals surface area contributed by atoms with E-state index in [4.69, 9.17) is 37.0 Å². The van der Waals surface area contributed by atoms with Gasteiger partial charge in [0.25, 0.3) is 0 Å². The standard InChI is InChI=1S/C64H124O17P2/c1-7-10-12-14-27-36-42-48-63(68)80-59(52-74-61(66)46-40-32-13-11-8-2)54-78-82(70,71)76-50-58(65)51-77-83(72,73)79-55-60(53-75-62(67)47-41-35-31-30-33-38-44-56(4)5)81-64(69)49-43-37-29-26-24-22-20-18-16-15-17-19-21-23-25-28-34-39-45-57(6)9-3/h56-60,65H,7-55H2,1-6H3,(H,70,71)(H,72,73)/t57?,58-,59+,60+/m0/s1. The normalized spacial score (nSPS) is 14.6. The number of carbonyl (C=O) groups excluding carboxylic acids is 4. The number of hydrogen-bond acceptors (Lipinski definition) is 15. The summed E-state index contributed by atoms with van der Waals surface area (Å²) in [6.45, 7) is 9.34. The van der Waals surface area contributed by atoms with Gasteiger partial charge in [-0.2, -0.15) is 0 Å². The second kappa shape index (κ2) is 56.6. The number of aliphatic hydroxyl groups is 1. The first-order chi connectivity index (χ1) is 39.9. The molecule has 0 radical (unpaired) electrons. The summed E-state index contributed by atoms with van der Waals surface area (Å²) >= 11 is 0. The maximum Gasteiger partial charge on any atom is 0.472 e. The van der Waals surface area contributed by atoms with Gasteiger partial charge >= 0.3 is 39.5 Å². The van der Waals surface area contributed by atoms with Crippen LogP contribution in [0.25, 0.3) is 0 Å². The van der Waals surface area contributed by atoms with Crippen LogP contribution in [0.3, 0.4) is 0 Å². The van der Waals surface area contributed by atoms with E-state index in [1.54, 1.807) is 0 Å². The average molecular weight is 1230 g/mol. The highest BCUT2D eigenvalue weighted by Crippen LogP contribution is 2.45. The van der Waals surface area contributed by atoms with Gasteiger partial charge in [0, 0.05) is 25.7 Å². The van der Waals surface area contributed by atoms with Crippen LogP contribution < -0.4 is 0 Å². The van der Waals surface area contributed by atoms with Crippen molar-refractivity contribution >= 4 is 39.5 Å². The summed E-state index contributed by atoms with van der Waals surface area (Å²) < 4.78 is 67.6. The minimum Gasteiger partial charge on any atom is -0.462 e. The number of rotatable bonds is 63. The molecule has 3 unspecified atom stereocenters. The second-order valence-electron chi connectivity index (χ2n) is 23.9. The lowest BCUT2D eigenvalue weighted by atomic mass is 9.99. The van der Waals surface area contributed by atoms with Gasteiger partial charge in [0.05, 0.1) is 26.4 Å². The number of aliphatic hydroxyl groups excluding tert-OH is 1. The van der Waals surface area contributed by atoms with Gasteiger partial charge in [0.1, 0.15) is 19.3 Å². The molecule has 0 aliphatic heterocycles. The van der Waals surface area contributed by atoms with Crippen molar-refractivity contribution in [2.45, 2.75) is 336 Å². The fourth-order valence-corrected chi connectivity index (χ4v) is 11.1. The Morgan fingerprint density at radius 1 is 0.349 bits per heavy atom. The Morgan fingerprint density at radius 3 is 0.916 bits per heavy atom. The minimum absolute atomic E-state index is 0.103. The summed E-state index contributed by atoms with van der Waals surface area (Å²) in [6, 6.07) is 0. The van der Waals surface area contributed by atoms with Crippen LogP contribution in [-0.2, 0) is 65.4 Å². The van der Waals surface area contributed by atoms with E-state index in [-0.39, 0.29) is 25.7 Å². The van der Waals surface area contributed by atoms with Crippen molar-refractivity contribution < 1.29 is 80.2 Å². The SMILES string of the molecule is CCCCCCCCCC(=O)O[C@H](COC(=O)CCCCCCC)COP(=O)(O)OC[C@H](O)COP(=O)(O)OC[C@@H](COC(=O)CCCCCCCCC(C)C)OC(=O)CCCCCCCCCCCCCCCCCCCCC(C)CC. The fourth-order valence-electron chi connectivity index (χ4n) is 9.50. The molecule has 0 saturated heterocycles. The van der Waals surface area contributed by atoms with Gasteiger partial charge in [-0.05, 0) is 37.5 Å². The molecular weight excluding hydrogens is 1100 g/mol. The van der Waals surface area contributed by atoms with Crippen molar-refractivity contribution in [3.8, 4) is 0 Å². The molecule has 0 rings (SSSR count). The summed E-state index contributed by atoms with van der Waals surface area (Å²) in [6.07, 6.45) is 39.8. The molecule has 0 saturated carbocycles. The van der Waals surface area contributed by atoms with Crippen LogP contribution in [0.4, 0.5) is 0 Å². The molecule has 0 bridgehead atoms. The number of hydrogen-bond donors (Lipinski definition) is 3. The van der Waals surface area contributed by atoms with Crippen molar-refractivity contribution in [3.63, 3.8) is 0 Å². The maximum absolute atomic E-state index is 13.0. The number of phosphoric acid groups is 2. The molecule has 0 heterocycles. The van der Waals surface area contributed by atoms with E-state index in [1.165, 1.54) is 109 Å². The Labute approximate surface area is 505 Å². The summed E-state index contributed by atoms with van der Waals surface area (Å²) in [5.74, 6) is -0.603. The molecule has 0 aromatic heterocycles. The smallest absolute Gasteiger partial charge is 0.462 e. The predicted molar refractivity (Wildman–Crippen MR) is 331 cm³/mol. The molecule has 83 heavy (non-hydrogen) atoms. The van der Waals surface area contributed by atoms with Gasteiger partial charge < -0.3 is 33.8 Å². The Kier molecular flexibility index (Phi) is 55.2. The van der Waals surface area contributed by atoms with Crippen LogP contribution in [0.2, 0.25) is 0 Å². The molecular formula is C64H124O17P2. The first-order valence-corrected chi connectivity index (χ1v) is 36.5. The highest BCUT2D eigenvalue weighted by molar-refractivity contribution is 7.47. The summed E-state index contributed by atoms with van der Waals surface area (Å²) in [4.78, 5) is 71.7. The van der Waals surface area contributed by atoms with Gasteiger partial charge in [-0.3, -0.25) is 37.3 Å². The Balaban J connectivity index is 5.01. The first kappa shape index (κ1) is 81.1. The molecule has 3 N–H and O–H groups in total. The van der Waals surface area contributed by atoms with Crippen LogP contribution in [-0.4, -0.2) is 96.7 Å². The van der Waals surface area contributed by atoms with Crippen molar-refractivity contribution in [1.82, 2.24) is 0 Å². The number of carbonyl (C=O) groups is 4. The average Bonchev–Trinajstić information content (AvgIpc) is 3.46. The summed E-state index contributed by atoms with van der Waals surface area (Å²) in [5, 5.41) is 10.5. The number of unbranched alkanes of at least 4 members (excludes halogenated alkanes) is 32. The van der Waals surface area contributed by atoms with Crippen LogP contribution in [0.1, 0.15) is 318 Å². The highest BCUT2D eigenvalue weighted by Gasteiger charge is 2.30. The van der Waals surface area contributed by atoms with E-state index >= 15 is 0 Å². The molecule has 0 aromatic rings. The number of esters is 4. The third-order valence-electron chi connectivity index (χ3n) is 15.1. The van der Waals surface area contributed by atoms with Crippen LogP contribution in [0, 0.1) is 11.8 Å². The lowest BCUT2D eigenvalue weighted by Crippen LogP contribution is -2.30. The Bertz CT molecular complexity index is 1630. The van der Waals surface area contributed by atoms with Crippen molar-refractivity contribution in [2.75, 3.05) is 39.6 Å². The minimum atomic E-state index is -4.94. The van der Waals surface area contributed by atoms with Gasteiger partial charge in [0.15, 0.2) is 12.2 Å². The molecule has 0 fully saturated rings. The van der Waals surface area contributed by atoms with Crippen molar-refractivity contribution in [3.05, 3.63) is 0 Å². The lowest BCUT2D eigenvalue weighted by molar-refractivity contribution is -0.161. The number of ether oxygens (including phenoxy) is 4. The molecule has 19 heteroatoms. The van der Waals surface area contributed by atoms with E-state index < -0.39 is 97.5 Å². The van der Waals surface area contributed by atoms with Crippen molar-refractivity contribution in [2.24, 2.45) is 11.8 Å². The highest BCUT2D eigenvalue weighted by atomic mass is 31.2. The zero-order valence-corrected chi connectivity index (χ0v) is 55.3. The number of phosphoric ester groups is 2. The van der Waals surface area contributed by atoms with E-state index in [1.807, 2.05) is 0 Å². The zero-order valence-electron chi connectivity index (χ0n) is 53.5. The second-order valence-corrected chi connectivity index (χ2v) is 26.8. The first-order valence-electron chi connectivity index (χ1n) is 33.5. The van der Waals surface area contributed by atoms with E-state index in [9.17, 15) is 43.2 Å². The van der Waals surface area contributed by atoms with Crippen molar-refractivity contribution in [1.29, 1.82) is 0 Å². The molecule has 6 atom stereocenters. The van der Waals surface area contributed by atoms with E-state index in [0.29, 0.717) is 31.6 Å².